The van der Waals surface area contributed by atoms with E-state index in [1.807, 2.05) is 10.7 Å². The summed E-state index contributed by atoms with van der Waals surface area (Å²) in [5.41, 5.74) is 9.16. The fourth-order valence-electron chi connectivity index (χ4n) is 6.86. The SMILES string of the molecule is CCCCOC(=O)N1CCC2(CC2)C(Oc2cncc(-c3nn(C4CCCCO4)c4ccc(-c5ccccc5C#C[Si](C)(C)C)cc34)n2)C1. The van der Waals surface area contributed by atoms with Crippen LogP contribution >= 0.6 is 0 Å². The zero-order valence-electron chi connectivity index (χ0n) is 29.2. The highest BCUT2D eigenvalue weighted by Crippen LogP contribution is 2.54. The molecule has 9 nitrogen and oxygen atoms in total. The molecule has 4 heterocycles. The van der Waals surface area contributed by atoms with E-state index >= 15 is 0 Å². The average molecular weight is 678 g/mol. The van der Waals surface area contributed by atoms with Gasteiger partial charge in [-0.3, -0.25) is 4.98 Å². The zero-order chi connectivity index (χ0) is 34.0. The molecule has 2 saturated heterocycles. The van der Waals surface area contributed by atoms with Gasteiger partial charge in [-0.25, -0.2) is 14.5 Å². The number of hydrogen-bond donors (Lipinski definition) is 0. The number of carbonyl (C=O) groups is 1. The van der Waals surface area contributed by atoms with E-state index in [-0.39, 0.29) is 23.8 Å². The predicted molar refractivity (Wildman–Crippen MR) is 194 cm³/mol. The number of nitrogens with zero attached hydrogens (tertiary/aromatic N) is 5. The van der Waals surface area contributed by atoms with Crippen molar-refractivity contribution in [1.29, 1.82) is 0 Å². The first-order valence-corrected chi connectivity index (χ1v) is 21.4. The molecular formula is C39H47N5O4Si. The normalized spacial score (nSPS) is 20.1. The van der Waals surface area contributed by atoms with E-state index in [1.54, 1.807) is 17.3 Å². The maximum Gasteiger partial charge on any atom is 0.409 e. The van der Waals surface area contributed by atoms with Gasteiger partial charge >= 0.3 is 6.09 Å². The smallest absolute Gasteiger partial charge is 0.409 e. The minimum absolute atomic E-state index is 0.0745. The van der Waals surface area contributed by atoms with Crippen molar-refractivity contribution in [1.82, 2.24) is 24.6 Å². The van der Waals surface area contributed by atoms with Crippen LogP contribution in [0.4, 0.5) is 4.79 Å². The number of amides is 1. The van der Waals surface area contributed by atoms with Crippen LogP contribution in [0.2, 0.25) is 19.6 Å². The summed E-state index contributed by atoms with van der Waals surface area (Å²) in [4.78, 5) is 24.2. The summed E-state index contributed by atoms with van der Waals surface area (Å²) < 4.78 is 20.4. The Labute approximate surface area is 290 Å². The van der Waals surface area contributed by atoms with Crippen LogP contribution in [-0.2, 0) is 9.47 Å². The van der Waals surface area contributed by atoms with Crippen LogP contribution in [0.5, 0.6) is 5.88 Å². The standard InChI is InChI=1S/C39H47N5O4Si/c1-5-6-21-47-38(45)43-20-19-39(17-18-39)34(27-43)48-35-26-40-25-32(41-35)37-31-24-29(30-12-8-7-11-28(30)16-23-49(2,3)4)14-15-33(31)44(42-37)36-13-9-10-22-46-36/h7-8,11-12,14-15,24-26,34,36H,5-6,9-10,13,17-22,27H2,1-4H3. The lowest BCUT2D eigenvalue weighted by molar-refractivity contribution is -0.0365. The van der Waals surface area contributed by atoms with Gasteiger partial charge in [-0.1, -0.05) is 63.2 Å². The number of hydrogen-bond acceptors (Lipinski definition) is 7. The fraction of sp³-hybridized carbons (Fsp3) is 0.487. The van der Waals surface area contributed by atoms with Gasteiger partial charge < -0.3 is 19.1 Å². The molecule has 3 fully saturated rings. The van der Waals surface area contributed by atoms with Crippen LogP contribution in [0.25, 0.3) is 33.4 Å². The van der Waals surface area contributed by atoms with Crippen molar-refractivity contribution in [3.05, 3.63) is 60.4 Å². The summed E-state index contributed by atoms with van der Waals surface area (Å²) in [7, 11) is -1.56. The number of piperidine rings is 1. The van der Waals surface area contributed by atoms with Gasteiger partial charge in [0.25, 0.3) is 0 Å². The molecule has 1 amide bonds. The molecule has 7 rings (SSSR count). The second-order valence-corrected chi connectivity index (χ2v) is 19.5. The minimum atomic E-state index is -1.56. The van der Waals surface area contributed by atoms with Gasteiger partial charge in [-0.15, -0.1) is 5.54 Å². The molecule has 256 valence electrons. The molecule has 10 heteroatoms. The molecule has 1 spiro atoms. The van der Waals surface area contributed by atoms with E-state index in [0.29, 0.717) is 31.3 Å². The number of benzene rings is 2. The van der Waals surface area contributed by atoms with E-state index in [9.17, 15) is 4.79 Å². The lowest BCUT2D eigenvalue weighted by atomic mass is 9.90. The summed E-state index contributed by atoms with van der Waals surface area (Å²) >= 11 is 0. The van der Waals surface area contributed by atoms with Crippen LogP contribution in [0.1, 0.15) is 70.1 Å². The van der Waals surface area contributed by atoms with Gasteiger partial charge in [0.1, 0.15) is 25.6 Å². The van der Waals surface area contributed by atoms with E-state index in [1.165, 1.54) is 0 Å². The summed E-state index contributed by atoms with van der Waals surface area (Å²) in [6, 6.07) is 14.8. The van der Waals surface area contributed by atoms with Crippen LogP contribution in [0.3, 0.4) is 0 Å². The molecule has 2 atom stereocenters. The van der Waals surface area contributed by atoms with Crippen molar-refractivity contribution >= 4 is 25.1 Å². The summed E-state index contributed by atoms with van der Waals surface area (Å²) in [6.45, 7) is 11.2. The lowest BCUT2D eigenvalue weighted by Crippen LogP contribution is -2.50. The molecule has 2 aromatic carbocycles. The Hall–Kier alpha value is -4.20. The van der Waals surface area contributed by atoms with Crippen LogP contribution in [0.15, 0.2) is 54.9 Å². The van der Waals surface area contributed by atoms with Crippen LogP contribution < -0.4 is 4.74 Å². The molecule has 0 N–H and O–H groups in total. The Morgan fingerprint density at radius 1 is 1.10 bits per heavy atom. The molecule has 1 aliphatic carbocycles. The second-order valence-electron chi connectivity index (χ2n) is 14.8. The Balaban J connectivity index is 1.23. The maximum atomic E-state index is 12.8. The first kappa shape index (κ1) is 33.3. The quantitative estimate of drug-likeness (QED) is 0.105. The Morgan fingerprint density at radius 2 is 1.96 bits per heavy atom. The largest absolute Gasteiger partial charge is 0.471 e. The van der Waals surface area contributed by atoms with Crippen LogP contribution in [0, 0.1) is 16.9 Å². The summed E-state index contributed by atoms with van der Waals surface area (Å²) in [5, 5.41) is 6.13. The highest BCUT2D eigenvalue weighted by atomic mass is 28.3. The number of likely N-dealkylation sites (tertiary alicyclic amines) is 1. The number of carbonyl (C=O) groups excluding carboxylic acids is 1. The molecule has 4 aromatic rings. The van der Waals surface area contributed by atoms with Crippen molar-refractivity contribution < 1.29 is 19.0 Å². The summed E-state index contributed by atoms with van der Waals surface area (Å²) in [5.74, 6) is 3.92. The third-order valence-corrected chi connectivity index (χ3v) is 10.8. The third kappa shape index (κ3) is 7.38. The highest BCUT2D eigenvalue weighted by Gasteiger charge is 2.54. The van der Waals surface area contributed by atoms with E-state index < -0.39 is 8.07 Å². The van der Waals surface area contributed by atoms with Gasteiger partial charge in [-0.05, 0) is 74.3 Å². The monoisotopic (exact) mass is 677 g/mol. The van der Waals surface area contributed by atoms with E-state index in [0.717, 1.165) is 91.3 Å². The minimum Gasteiger partial charge on any atom is -0.471 e. The first-order chi connectivity index (χ1) is 23.7. The van der Waals surface area contributed by atoms with Gasteiger partial charge in [0.15, 0.2) is 6.23 Å². The third-order valence-electron chi connectivity index (χ3n) is 9.89. The number of fused-ring (bicyclic) bond motifs is 1. The molecule has 2 aliphatic heterocycles. The van der Waals surface area contributed by atoms with Gasteiger partial charge in [0, 0.05) is 29.5 Å². The average Bonchev–Trinajstić information content (AvgIpc) is 3.79. The van der Waals surface area contributed by atoms with Gasteiger partial charge in [0.05, 0.1) is 31.1 Å². The molecule has 49 heavy (non-hydrogen) atoms. The molecule has 2 aromatic heterocycles. The Kier molecular flexibility index (Phi) is 9.49. The highest BCUT2D eigenvalue weighted by molar-refractivity contribution is 6.83. The number of unbranched alkanes of at least 4 members (excludes halogenated alkanes) is 1. The van der Waals surface area contributed by atoms with Crippen molar-refractivity contribution in [2.75, 3.05) is 26.3 Å². The molecule has 0 radical (unpaired) electrons. The van der Waals surface area contributed by atoms with Gasteiger partial charge in [-0.2, -0.15) is 5.10 Å². The molecule has 2 unspecified atom stereocenters. The molecular weight excluding hydrogens is 631 g/mol. The lowest BCUT2D eigenvalue weighted by Gasteiger charge is -2.38. The fourth-order valence-corrected chi connectivity index (χ4v) is 7.37. The number of rotatable bonds is 8. The van der Waals surface area contributed by atoms with Crippen molar-refractivity contribution in [3.63, 3.8) is 0 Å². The predicted octanol–water partition coefficient (Wildman–Crippen LogP) is 8.26. The number of ether oxygens (including phenoxy) is 3. The van der Waals surface area contributed by atoms with E-state index in [2.05, 4.69) is 79.4 Å². The molecule has 0 bridgehead atoms. The Morgan fingerprint density at radius 3 is 2.73 bits per heavy atom. The zero-order valence-corrected chi connectivity index (χ0v) is 30.2. The number of aromatic nitrogens is 4. The van der Waals surface area contributed by atoms with Gasteiger partial charge in [0.2, 0.25) is 5.88 Å². The Bertz CT molecular complexity index is 1880. The van der Waals surface area contributed by atoms with Crippen LogP contribution in [-0.4, -0.2) is 71.2 Å². The first-order valence-electron chi connectivity index (χ1n) is 17.9. The molecule has 3 aliphatic rings. The second kappa shape index (κ2) is 14.0. The maximum absolute atomic E-state index is 12.8. The topological polar surface area (TPSA) is 91.6 Å². The molecule has 1 saturated carbocycles. The van der Waals surface area contributed by atoms with E-state index in [4.69, 9.17) is 24.3 Å². The van der Waals surface area contributed by atoms with Crippen molar-refractivity contribution in [2.24, 2.45) is 5.41 Å². The van der Waals surface area contributed by atoms with Crippen molar-refractivity contribution in [3.8, 4) is 39.9 Å². The van der Waals surface area contributed by atoms with Crippen molar-refractivity contribution in [2.45, 2.75) is 90.3 Å². The summed E-state index contributed by atoms with van der Waals surface area (Å²) in [6.07, 6.45) is 10.8.